The van der Waals surface area contributed by atoms with E-state index in [0.29, 0.717) is 37.9 Å². The third-order valence-corrected chi connectivity index (χ3v) is 4.69. The first-order chi connectivity index (χ1) is 14.2. The molecule has 0 atom stereocenters. The number of phenols is 2. The van der Waals surface area contributed by atoms with Crippen LogP contribution in [-0.4, -0.2) is 36.6 Å². The van der Waals surface area contributed by atoms with Gasteiger partial charge in [-0.25, -0.2) is 0 Å². The molecule has 5 nitrogen and oxygen atoms in total. The molecule has 0 aliphatic rings. The second kappa shape index (κ2) is 8.71. The molecule has 4 rings (SSSR count). The summed E-state index contributed by atoms with van der Waals surface area (Å²) in [6.07, 6.45) is 0. The van der Waals surface area contributed by atoms with Gasteiger partial charge in [0.2, 0.25) is 0 Å². The smallest absolute Gasteiger partial charge is 0.127 e. The number of phenolic OH excluding ortho intramolecular Hbond substituents is 2. The quantitative estimate of drug-likeness (QED) is 0.420. The van der Waals surface area contributed by atoms with Crippen LogP contribution in [0.1, 0.15) is 0 Å². The molecule has 0 amide bonds. The molecule has 148 valence electrons. The van der Waals surface area contributed by atoms with Gasteiger partial charge in [-0.15, -0.1) is 0 Å². The van der Waals surface area contributed by atoms with Gasteiger partial charge in [0.05, 0.1) is 13.2 Å². The van der Waals surface area contributed by atoms with E-state index in [1.165, 1.54) is 0 Å². The highest BCUT2D eigenvalue weighted by molar-refractivity contribution is 5.93. The Balaban J connectivity index is 1.25. The minimum absolute atomic E-state index is 0.239. The molecule has 4 aromatic rings. The molecule has 0 spiro atoms. The Morgan fingerprint density at radius 2 is 0.897 bits per heavy atom. The summed E-state index contributed by atoms with van der Waals surface area (Å²) in [7, 11) is 0. The SMILES string of the molecule is Oc1cccc2c(OCCOCCOc3cccc4c(O)cccc34)cccc12. The van der Waals surface area contributed by atoms with Crippen LogP contribution in [0.2, 0.25) is 0 Å². The van der Waals surface area contributed by atoms with Crippen molar-refractivity contribution in [3.63, 3.8) is 0 Å². The Bertz CT molecular complexity index is 1030. The molecule has 0 unspecified atom stereocenters. The van der Waals surface area contributed by atoms with E-state index < -0.39 is 0 Å². The van der Waals surface area contributed by atoms with Gasteiger partial charge < -0.3 is 24.4 Å². The van der Waals surface area contributed by atoms with Gasteiger partial charge in [-0.2, -0.15) is 0 Å². The second-order valence-electron chi connectivity index (χ2n) is 6.57. The van der Waals surface area contributed by atoms with Gasteiger partial charge in [-0.3, -0.25) is 0 Å². The topological polar surface area (TPSA) is 68.2 Å². The van der Waals surface area contributed by atoms with Crippen LogP contribution < -0.4 is 9.47 Å². The van der Waals surface area contributed by atoms with Crippen LogP contribution in [0.3, 0.4) is 0 Å². The average Bonchev–Trinajstić information content (AvgIpc) is 2.74. The molecule has 0 aliphatic heterocycles. The van der Waals surface area contributed by atoms with Crippen LogP contribution in [0.25, 0.3) is 21.5 Å². The van der Waals surface area contributed by atoms with Crippen molar-refractivity contribution in [2.75, 3.05) is 26.4 Å². The lowest BCUT2D eigenvalue weighted by molar-refractivity contribution is 0.0771. The molecule has 0 saturated carbocycles. The van der Waals surface area contributed by atoms with Gasteiger partial charge in [0.15, 0.2) is 0 Å². The third kappa shape index (κ3) is 4.20. The molecule has 4 aromatic carbocycles. The van der Waals surface area contributed by atoms with E-state index in [1.807, 2.05) is 48.5 Å². The molecule has 2 N–H and O–H groups in total. The minimum atomic E-state index is 0.239. The van der Waals surface area contributed by atoms with Crippen molar-refractivity contribution in [2.45, 2.75) is 0 Å². The van der Waals surface area contributed by atoms with Crippen LogP contribution in [-0.2, 0) is 4.74 Å². The molecule has 0 fully saturated rings. The maximum Gasteiger partial charge on any atom is 0.127 e. The number of hydrogen-bond donors (Lipinski definition) is 2. The predicted molar refractivity (Wildman–Crippen MR) is 113 cm³/mol. The first-order valence-corrected chi connectivity index (χ1v) is 9.49. The zero-order valence-corrected chi connectivity index (χ0v) is 15.9. The Labute approximate surface area is 168 Å². The Hall–Kier alpha value is -3.44. The zero-order valence-electron chi connectivity index (χ0n) is 15.9. The number of aromatic hydroxyl groups is 2. The molecule has 0 saturated heterocycles. The van der Waals surface area contributed by atoms with E-state index in [2.05, 4.69) is 0 Å². The standard InChI is InChI=1S/C24H22O5/c25-21-9-1-7-19-17(21)5-3-11-23(19)28-15-13-27-14-16-29-24-12-4-6-18-20(24)8-2-10-22(18)26/h1-12,25-26H,13-16H2. The van der Waals surface area contributed by atoms with Gasteiger partial charge in [-0.1, -0.05) is 48.5 Å². The number of hydrogen-bond acceptors (Lipinski definition) is 5. The number of fused-ring (bicyclic) bond motifs is 2. The maximum atomic E-state index is 9.93. The van der Waals surface area contributed by atoms with E-state index in [9.17, 15) is 10.2 Å². The summed E-state index contributed by atoms with van der Waals surface area (Å²) in [5.41, 5.74) is 0. The highest BCUT2D eigenvalue weighted by atomic mass is 16.5. The van der Waals surface area contributed by atoms with E-state index in [4.69, 9.17) is 14.2 Å². The Kier molecular flexibility index (Phi) is 5.68. The van der Waals surface area contributed by atoms with Crippen molar-refractivity contribution >= 4 is 21.5 Å². The third-order valence-electron chi connectivity index (χ3n) is 4.69. The fraction of sp³-hybridized carbons (Fsp3) is 0.167. The average molecular weight is 390 g/mol. The summed E-state index contributed by atoms with van der Waals surface area (Å²) < 4.78 is 17.2. The van der Waals surface area contributed by atoms with Gasteiger partial charge >= 0.3 is 0 Å². The van der Waals surface area contributed by atoms with Gasteiger partial charge in [0.25, 0.3) is 0 Å². The molecular formula is C24H22O5. The van der Waals surface area contributed by atoms with Crippen LogP contribution in [0.4, 0.5) is 0 Å². The molecule has 0 heterocycles. The molecule has 0 aliphatic carbocycles. The van der Waals surface area contributed by atoms with E-state index >= 15 is 0 Å². The van der Waals surface area contributed by atoms with Crippen LogP contribution in [0.5, 0.6) is 23.0 Å². The van der Waals surface area contributed by atoms with Crippen molar-refractivity contribution in [3.05, 3.63) is 72.8 Å². The maximum absolute atomic E-state index is 9.93. The fourth-order valence-electron chi connectivity index (χ4n) is 3.30. The van der Waals surface area contributed by atoms with Crippen molar-refractivity contribution in [1.29, 1.82) is 0 Å². The van der Waals surface area contributed by atoms with Crippen molar-refractivity contribution in [1.82, 2.24) is 0 Å². The van der Waals surface area contributed by atoms with Crippen LogP contribution in [0, 0.1) is 0 Å². The van der Waals surface area contributed by atoms with Crippen molar-refractivity contribution in [3.8, 4) is 23.0 Å². The van der Waals surface area contributed by atoms with Gasteiger partial charge in [0, 0.05) is 21.5 Å². The molecular weight excluding hydrogens is 368 g/mol. The van der Waals surface area contributed by atoms with E-state index in [1.54, 1.807) is 24.3 Å². The molecule has 0 bridgehead atoms. The number of ether oxygens (including phenoxy) is 3. The number of benzene rings is 4. The largest absolute Gasteiger partial charge is 0.507 e. The van der Waals surface area contributed by atoms with Crippen molar-refractivity contribution < 1.29 is 24.4 Å². The lowest BCUT2D eigenvalue weighted by atomic mass is 10.1. The summed E-state index contributed by atoms with van der Waals surface area (Å²) in [6.45, 7) is 1.65. The first kappa shape index (κ1) is 18.9. The summed E-state index contributed by atoms with van der Waals surface area (Å²) in [4.78, 5) is 0. The lowest BCUT2D eigenvalue weighted by Gasteiger charge is -2.12. The van der Waals surface area contributed by atoms with E-state index in [0.717, 1.165) is 21.5 Å². The molecule has 29 heavy (non-hydrogen) atoms. The Morgan fingerprint density at radius 1 is 0.483 bits per heavy atom. The zero-order chi connectivity index (χ0) is 20.1. The fourth-order valence-corrected chi connectivity index (χ4v) is 3.30. The summed E-state index contributed by atoms with van der Waals surface area (Å²) >= 11 is 0. The number of rotatable bonds is 8. The molecule has 0 aromatic heterocycles. The summed E-state index contributed by atoms with van der Waals surface area (Å²) in [5, 5.41) is 23.1. The lowest BCUT2D eigenvalue weighted by Crippen LogP contribution is -2.12. The van der Waals surface area contributed by atoms with Crippen LogP contribution in [0.15, 0.2) is 72.8 Å². The summed E-state index contributed by atoms with van der Waals surface area (Å²) in [6, 6.07) is 21.9. The highest BCUT2D eigenvalue weighted by Gasteiger charge is 2.06. The highest BCUT2D eigenvalue weighted by Crippen LogP contribution is 2.32. The summed E-state index contributed by atoms with van der Waals surface area (Å²) in [5.74, 6) is 1.91. The normalized spacial score (nSPS) is 11.0. The predicted octanol–water partition coefficient (Wildman–Crippen LogP) is 4.88. The van der Waals surface area contributed by atoms with E-state index in [-0.39, 0.29) is 11.5 Å². The van der Waals surface area contributed by atoms with Gasteiger partial charge in [0.1, 0.15) is 36.2 Å². The molecule has 5 heteroatoms. The van der Waals surface area contributed by atoms with Gasteiger partial charge in [-0.05, 0) is 24.3 Å². The minimum Gasteiger partial charge on any atom is -0.507 e. The van der Waals surface area contributed by atoms with Crippen LogP contribution >= 0.6 is 0 Å². The first-order valence-electron chi connectivity index (χ1n) is 9.49. The molecule has 0 radical (unpaired) electrons. The monoisotopic (exact) mass is 390 g/mol. The second-order valence-corrected chi connectivity index (χ2v) is 6.57. The van der Waals surface area contributed by atoms with Crippen molar-refractivity contribution in [2.24, 2.45) is 0 Å². The Morgan fingerprint density at radius 3 is 1.38 bits per heavy atom.